The van der Waals surface area contributed by atoms with Crippen molar-refractivity contribution in [3.63, 3.8) is 0 Å². The van der Waals surface area contributed by atoms with Gasteiger partial charge in [0.2, 0.25) is 5.91 Å². The van der Waals surface area contributed by atoms with E-state index in [9.17, 15) is 14.4 Å². The van der Waals surface area contributed by atoms with Gasteiger partial charge >= 0.3 is 5.97 Å². The van der Waals surface area contributed by atoms with Crippen molar-refractivity contribution in [2.45, 2.75) is 18.3 Å². The molecule has 152 valence electrons. The summed E-state index contributed by atoms with van der Waals surface area (Å²) in [7, 11) is 3.03. The summed E-state index contributed by atoms with van der Waals surface area (Å²) in [4.78, 5) is 38.2. The number of amides is 2. The van der Waals surface area contributed by atoms with Crippen LogP contribution < -0.4 is 10.1 Å². The molecule has 0 saturated heterocycles. The number of methoxy groups -OCH3 is 1. The highest BCUT2D eigenvalue weighted by molar-refractivity contribution is 5.95. The van der Waals surface area contributed by atoms with Crippen molar-refractivity contribution in [1.29, 1.82) is 0 Å². The van der Waals surface area contributed by atoms with Crippen LogP contribution >= 0.6 is 0 Å². The van der Waals surface area contributed by atoms with Gasteiger partial charge in [-0.1, -0.05) is 36.4 Å². The van der Waals surface area contributed by atoms with Crippen molar-refractivity contribution in [3.05, 3.63) is 60.2 Å². The average Bonchev–Trinajstić information content (AvgIpc) is 3.54. The number of esters is 1. The lowest BCUT2D eigenvalue weighted by atomic mass is 9.96. The molecule has 0 spiro atoms. The zero-order chi connectivity index (χ0) is 20.9. The Hall–Kier alpha value is -3.35. The minimum Gasteiger partial charge on any atom is -0.497 e. The van der Waals surface area contributed by atoms with Gasteiger partial charge in [0.1, 0.15) is 5.75 Å². The summed E-state index contributed by atoms with van der Waals surface area (Å²) in [6.07, 6.45) is 1.42. The van der Waals surface area contributed by atoms with Crippen LogP contribution in [0.25, 0.3) is 0 Å². The van der Waals surface area contributed by atoms with Crippen molar-refractivity contribution in [1.82, 2.24) is 4.90 Å². The molecule has 7 nitrogen and oxygen atoms in total. The third-order valence-corrected chi connectivity index (χ3v) is 4.95. The standard InChI is InChI=1S/C22H24N2O5/c1-24(14-19(25)23-17-9-6-10-18(13-17)28-2)20(26)15-29-21(27)22(11-12-22)16-7-4-3-5-8-16/h3-10,13H,11-12,14-15H2,1-2H3,(H,23,25). The van der Waals surface area contributed by atoms with Crippen LogP contribution in [0.5, 0.6) is 5.75 Å². The third-order valence-electron chi connectivity index (χ3n) is 4.95. The molecule has 0 aliphatic heterocycles. The SMILES string of the molecule is COc1cccc(NC(=O)CN(C)C(=O)COC(=O)C2(c3ccccc3)CC2)c1. The molecule has 1 aliphatic carbocycles. The fraction of sp³-hybridized carbons (Fsp3) is 0.318. The van der Waals surface area contributed by atoms with E-state index in [-0.39, 0.29) is 12.5 Å². The molecule has 0 heterocycles. The van der Waals surface area contributed by atoms with E-state index in [1.54, 1.807) is 24.3 Å². The molecule has 0 aromatic heterocycles. The van der Waals surface area contributed by atoms with Gasteiger partial charge in [0.25, 0.3) is 5.91 Å². The van der Waals surface area contributed by atoms with E-state index in [1.165, 1.54) is 19.1 Å². The average molecular weight is 396 g/mol. The molecule has 1 saturated carbocycles. The number of nitrogens with one attached hydrogen (secondary N) is 1. The van der Waals surface area contributed by atoms with E-state index in [1.807, 2.05) is 30.3 Å². The first-order valence-corrected chi connectivity index (χ1v) is 9.35. The summed E-state index contributed by atoms with van der Waals surface area (Å²) in [5, 5.41) is 2.70. The van der Waals surface area contributed by atoms with Crippen LogP contribution in [0.4, 0.5) is 5.69 Å². The monoisotopic (exact) mass is 396 g/mol. The molecule has 2 aromatic rings. The molecule has 0 bridgehead atoms. The van der Waals surface area contributed by atoms with Gasteiger partial charge in [-0.05, 0) is 30.5 Å². The Balaban J connectivity index is 1.48. The predicted molar refractivity (Wildman–Crippen MR) is 108 cm³/mol. The zero-order valence-corrected chi connectivity index (χ0v) is 16.5. The number of ether oxygens (including phenoxy) is 2. The molecular weight excluding hydrogens is 372 g/mol. The number of nitrogens with zero attached hydrogens (tertiary/aromatic N) is 1. The summed E-state index contributed by atoms with van der Waals surface area (Å²) in [5.74, 6) is -0.579. The first-order valence-electron chi connectivity index (χ1n) is 9.35. The number of likely N-dealkylation sites (N-methyl/N-ethyl adjacent to an activating group) is 1. The van der Waals surface area contributed by atoms with Crippen molar-refractivity contribution >= 4 is 23.5 Å². The molecule has 1 N–H and O–H groups in total. The molecule has 2 aromatic carbocycles. The van der Waals surface area contributed by atoms with Crippen LogP contribution in [-0.2, 0) is 24.5 Å². The predicted octanol–water partition coefficient (Wildman–Crippen LogP) is 2.37. The van der Waals surface area contributed by atoms with Crippen molar-refractivity contribution in [3.8, 4) is 5.75 Å². The lowest BCUT2D eigenvalue weighted by Gasteiger charge is -2.19. The fourth-order valence-corrected chi connectivity index (χ4v) is 3.07. The van der Waals surface area contributed by atoms with Crippen LogP contribution in [-0.4, -0.2) is 50.0 Å². The highest BCUT2D eigenvalue weighted by Crippen LogP contribution is 2.49. The third kappa shape index (κ3) is 4.93. The quantitative estimate of drug-likeness (QED) is 0.693. The number of anilines is 1. The summed E-state index contributed by atoms with van der Waals surface area (Å²) in [5.41, 5.74) is 0.841. The van der Waals surface area contributed by atoms with Gasteiger partial charge in [-0.25, -0.2) is 0 Å². The van der Waals surface area contributed by atoms with Crippen LogP contribution in [0.15, 0.2) is 54.6 Å². The first kappa shape index (κ1) is 20.4. The van der Waals surface area contributed by atoms with Crippen LogP contribution in [0.3, 0.4) is 0 Å². The second kappa shape index (κ2) is 8.77. The maximum atomic E-state index is 12.5. The van der Waals surface area contributed by atoms with E-state index in [4.69, 9.17) is 9.47 Å². The number of rotatable bonds is 8. The van der Waals surface area contributed by atoms with Gasteiger partial charge in [0.05, 0.1) is 19.1 Å². The summed E-state index contributed by atoms with van der Waals surface area (Å²) < 4.78 is 10.4. The van der Waals surface area contributed by atoms with Gasteiger partial charge in [0, 0.05) is 18.8 Å². The Morgan fingerprint density at radius 1 is 1.07 bits per heavy atom. The summed E-state index contributed by atoms with van der Waals surface area (Å²) in [6.45, 7) is -0.548. The number of hydrogen-bond donors (Lipinski definition) is 1. The molecule has 3 rings (SSSR count). The second-order valence-corrected chi connectivity index (χ2v) is 7.05. The summed E-state index contributed by atoms with van der Waals surface area (Å²) in [6, 6.07) is 16.4. The van der Waals surface area contributed by atoms with Gasteiger partial charge in [-0.15, -0.1) is 0 Å². The summed E-state index contributed by atoms with van der Waals surface area (Å²) >= 11 is 0. The van der Waals surface area contributed by atoms with Crippen molar-refractivity contribution in [2.75, 3.05) is 32.6 Å². The molecule has 1 fully saturated rings. The number of carbonyl (C=O) groups is 3. The Kier molecular flexibility index (Phi) is 6.16. The van der Waals surface area contributed by atoms with Crippen LogP contribution in [0.2, 0.25) is 0 Å². The van der Waals surface area contributed by atoms with Gasteiger partial charge in [0.15, 0.2) is 6.61 Å². The minimum absolute atomic E-state index is 0.155. The smallest absolute Gasteiger partial charge is 0.317 e. The first-order chi connectivity index (χ1) is 13.9. The Morgan fingerprint density at radius 3 is 2.45 bits per heavy atom. The second-order valence-electron chi connectivity index (χ2n) is 7.05. The molecule has 0 unspecified atom stereocenters. The van der Waals surface area contributed by atoms with Gasteiger partial charge < -0.3 is 19.7 Å². The maximum absolute atomic E-state index is 12.5. The Morgan fingerprint density at radius 2 is 1.79 bits per heavy atom. The maximum Gasteiger partial charge on any atom is 0.317 e. The van der Waals surface area contributed by atoms with Crippen LogP contribution in [0, 0.1) is 0 Å². The van der Waals surface area contributed by atoms with E-state index in [0.29, 0.717) is 24.3 Å². The molecule has 1 aliphatic rings. The number of carbonyl (C=O) groups excluding carboxylic acids is 3. The van der Waals surface area contributed by atoms with Crippen molar-refractivity contribution in [2.24, 2.45) is 0 Å². The highest BCUT2D eigenvalue weighted by Gasteiger charge is 2.52. The van der Waals surface area contributed by atoms with E-state index in [0.717, 1.165) is 5.56 Å². The minimum atomic E-state index is -0.635. The van der Waals surface area contributed by atoms with Gasteiger partial charge in [-0.3, -0.25) is 14.4 Å². The number of benzene rings is 2. The van der Waals surface area contributed by atoms with Crippen molar-refractivity contribution < 1.29 is 23.9 Å². The molecule has 29 heavy (non-hydrogen) atoms. The topological polar surface area (TPSA) is 84.9 Å². The molecule has 0 radical (unpaired) electrons. The molecule has 0 atom stereocenters. The van der Waals surface area contributed by atoms with Gasteiger partial charge in [-0.2, -0.15) is 0 Å². The lowest BCUT2D eigenvalue weighted by Crippen LogP contribution is -2.38. The largest absolute Gasteiger partial charge is 0.497 e. The Labute approximate surface area is 169 Å². The lowest BCUT2D eigenvalue weighted by molar-refractivity contribution is -0.154. The number of hydrogen-bond acceptors (Lipinski definition) is 5. The van der Waals surface area contributed by atoms with E-state index < -0.39 is 23.9 Å². The molecule has 2 amide bonds. The van der Waals surface area contributed by atoms with E-state index in [2.05, 4.69) is 5.32 Å². The Bertz CT molecular complexity index is 893. The van der Waals surface area contributed by atoms with Crippen LogP contribution in [0.1, 0.15) is 18.4 Å². The molecular formula is C22H24N2O5. The zero-order valence-electron chi connectivity index (χ0n) is 16.5. The highest BCUT2D eigenvalue weighted by atomic mass is 16.5. The normalized spacial score (nSPS) is 13.9. The fourth-order valence-electron chi connectivity index (χ4n) is 3.07. The van der Waals surface area contributed by atoms with E-state index >= 15 is 0 Å². The molecule has 7 heteroatoms.